The third-order valence-electron chi connectivity index (χ3n) is 6.76. The van der Waals surface area contributed by atoms with E-state index in [0.29, 0.717) is 30.9 Å². The van der Waals surface area contributed by atoms with Crippen molar-refractivity contribution in [1.82, 2.24) is 10.2 Å². The van der Waals surface area contributed by atoms with Crippen molar-refractivity contribution in [1.29, 1.82) is 0 Å². The summed E-state index contributed by atoms with van der Waals surface area (Å²) in [6.45, 7) is 5.94. The summed E-state index contributed by atoms with van der Waals surface area (Å²) in [6.07, 6.45) is 3.53. The molecule has 2 heterocycles. The van der Waals surface area contributed by atoms with Crippen LogP contribution in [0.5, 0.6) is 0 Å². The lowest BCUT2D eigenvalue weighted by Gasteiger charge is -2.32. The van der Waals surface area contributed by atoms with Crippen molar-refractivity contribution >= 4 is 27.5 Å². The number of sulfonamides is 1. The summed E-state index contributed by atoms with van der Waals surface area (Å²) in [6, 6.07) is 11.4. The second-order valence-electron chi connectivity index (χ2n) is 9.40. The molecule has 2 aliphatic heterocycles. The van der Waals surface area contributed by atoms with Crippen LogP contribution < -0.4 is 10.0 Å². The standard InChI is InChI=1S/C26H33N3O5S/c1-18-10-11-24(14-19(18)2)35(32,33)28-22-8-3-6-20(15-22)26(31)29-12-4-7-21(17-29)25(30)27-16-23-9-5-13-34-23/h3,6,8,10-11,14-15,21,23,28H,4-5,7,9,12-13,16-17H2,1-2H3,(H,27,30). The molecule has 2 amide bonds. The Balaban J connectivity index is 1.40. The molecule has 0 bridgehead atoms. The van der Waals surface area contributed by atoms with Crippen LogP contribution in [0.3, 0.4) is 0 Å². The Morgan fingerprint density at radius 3 is 2.63 bits per heavy atom. The summed E-state index contributed by atoms with van der Waals surface area (Å²) in [5, 5.41) is 2.97. The van der Waals surface area contributed by atoms with Crippen LogP contribution in [0, 0.1) is 19.8 Å². The van der Waals surface area contributed by atoms with Gasteiger partial charge in [-0.25, -0.2) is 8.42 Å². The maximum Gasteiger partial charge on any atom is 0.261 e. The number of nitrogens with one attached hydrogen (secondary N) is 2. The second-order valence-corrected chi connectivity index (χ2v) is 11.1. The van der Waals surface area contributed by atoms with Crippen molar-refractivity contribution in [3.63, 3.8) is 0 Å². The van der Waals surface area contributed by atoms with Crippen LogP contribution in [-0.4, -0.2) is 57.5 Å². The van der Waals surface area contributed by atoms with Gasteiger partial charge in [0.05, 0.1) is 16.9 Å². The largest absolute Gasteiger partial charge is 0.376 e. The number of anilines is 1. The van der Waals surface area contributed by atoms with Gasteiger partial charge in [0, 0.05) is 37.5 Å². The smallest absolute Gasteiger partial charge is 0.261 e. The Hall–Kier alpha value is -2.91. The van der Waals surface area contributed by atoms with E-state index in [9.17, 15) is 18.0 Å². The number of piperidine rings is 1. The van der Waals surface area contributed by atoms with E-state index in [1.165, 1.54) is 0 Å². The van der Waals surface area contributed by atoms with Gasteiger partial charge in [-0.15, -0.1) is 0 Å². The topological polar surface area (TPSA) is 105 Å². The number of hydrogen-bond acceptors (Lipinski definition) is 5. The molecule has 2 aromatic rings. The van der Waals surface area contributed by atoms with Gasteiger partial charge in [-0.1, -0.05) is 12.1 Å². The Kier molecular flexibility index (Phi) is 7.76. The molecule has 2 unspecified atom stereocenters. The number of amides is 2. The molecule has 0 spiro atoms. The molecular formula is C26H33N3O5S. The maximum absolute atomic E-state index is 13.2. The van der Waals surface area contributed by atoms with Gasteiger partial charge in [0.1, 0.15) is 0 Å². The molecule has 9 heteroatoms. The highest BCUT2D eigenvalue weighted by Gasteiger charge is 2.30. The molecule has 0 saturated carbocycles. The van der Waals surface area contributed by atoms with E-state index in [-0.39, 0.29) is 28.7 Å². The zero-order valence-electron chi connectivity index (χ0n) is 20.2. The van der Waals surface area contributed by atoms with Crippen LogP contribution in [0.4, 0.5) is 5.69 Å². The molecule has 4 rings (SSSR count). The molecule has 188 valence electrons. The zero-order chi connectivity index (χ0) is 25.0. The minimum atomic E-state index is -3.79. The Morgan fingerprint density at radius 1 is 1.06 bits per heavy atom. The monoisotopic (exact) mass is 499 g/mol. The SMILES string of the molecule is Cc1ccc(S(=O)(=O)Nc2cccc(C(=O)N3CCCC(C(=O)NCC4CCCO4)C3)c2)cc1C. The van der Waals surface area contributed by atoms with Crippen molar-refractivity contribution in [2.24, 2.45) is 5.92 Å². The molecular weight excluding hydrogens is 466 g/mol. The summed E-state index contributed by atoms with van der Waals surface area (Å²) >= 11 is 0. The molecule has 8 nitrogen and oxygen atoms in total. The molecule has 0 aromatic heterocycles. The molecule has 2 aromatic carbocycles. The zero-order valence-corrected chi connectivity index (χ0v) is 21.1. The molecule has 2 saturated heterocycles. The normalized spacial score (nSPS) is 20.5. The van der Waals surface area contributed by atoms with E-state index in [0.717, 1.165) is 43.4 Å². The fraction of sp³-hybridized carbons (Fsp3) is 0.462. The van der Waals surface area contributed by atoms with Crippen LogP contribution in [0.15, 0.2) is 47.4 Å². The van der Waals surface area contributed by atoms with Gasteiger partial charge < -0.3 is 15.0 Å². The van der Waals surface area contributed by atoms with Crippen molar-refractivity contribution in [3.05, 3.63) is 59.2 Å². The fourth-order valence-corrected chi connectivity index (χ4v) is 5.67. The Bertz CT molecular complexity index is 1190. The first kappa shape index (κ1) is 25.2. The second kappa shape index (κ2) is 10.8. The van der Waals surface area contributed by atoms with Gasteiger partial charge in [-0.3, -0.25) is 14.3 Å². The Morgan fingerprint density at radius 2 is 1.89 bits per heavy atom. The van der Waals surface area contributed by atoms with Gasteiger partial charge >= 0.3 is 0 Å². The number of hydrogen-bond donors (Lipinski definition) is 2. The average molecular weight is 500 g/mol. The summed E-state index contributed by atoms with van der Waals surface area (Å²) in [7, 11) is -3.79. The van der Waals surface area contributed by atoms with E-state index in [1.807, 2.05) is 13.8 Å². The van der Waals surface area contributed by atoms with Gasteiger partial charge in [-0.05, 0) is 81.0 Å². The van der Waals surface area contributed by atoms with E-state index >= 15 is 0 Å². The molecule has 2 fully saturated rings. The average Bonchev–Trinajstić information content (AvgIpc) is 3.37. The van der Waals surface area contributed by atoms with Crippen molar-refractivity contribution in [3.8, 4) is 0 Å². The number of benzene rings is 2. The predicted molar refractivity (Wildman–Crippen MR) is 134 cm³/mol. The van der Waals surface area contributed by atoms with Crippen LogP contribution in [0.25, 0.3) is 0 Å². The molecule has 0 aliphatic carbocycles. The summed E-state index contributed by atoms with van der Waals surface area (Å²) < 4.78 is 33.9. The quantitative estimate of drug-likeness (QED) is 0.609. The maximum atomic E-state index is 13.2. The lowest BCUT2D eigenvalue weighted by Crippen LogP contribution is -2.46. The first-order valence-electron chi connectivity index (χ1n) is 12.1. The van der Waals surface area contributed by atoms with E-state index in [1.54, 1.807) is 47.4 Å². The highest BCUT2D eigenvalue weighted by atomic mass is 32.2. The summed E-state index contributed by atoms with van der Waals surface area (Å²) in [5.41, 5.74) is 2.59. The predicted octanol–water partition coefficient (Wildman–Crippen LogP) is 3.25. The van der Waals surface area contributed by atoms with E-state index < -0.39 is 10.0 Å². The number of aryl methyl sites for hydroxylation is 2. The molecule has 0 radical (unpaired) electrons. The minimum Gasteiger partial charge on any atom is -0.376 e. The number of ether oxygens (including phenoxy) is 1. The molecule has 2 N–H and O–H groups in total. The summed E-state index contributed by atoms with van der Waals surface area (Å²) in [4.78, 5) is 27.7. The van der Waals surface area contributed by atoms with Crippen LogP contribution in [-0.2, 0) is 19.6 Å². The van der Waals surface area contributed by atoms with Gasteiger partial charge in [-0.2, -0.15) is 0 Å². The van der Waals surface area contributed by atoms with Gasteiger partial charge in [0.25, 0.3) is 15.9 Å². The highest BCUT2D eigenvalue weighted by molar-refractivity contribution is 7.92. The Labute approximate surface area is 207 Å². The third-order valence-corrected chi connectivity index (χ3v) is 8.14. The first-order valence-corrected chi connectivity index (χ1v) is 13.6. The molecule has 2 aliphatic rings. The van der Waals surface area contributed by atoms with E-state index in [2.05, 4.69) is 10.0 Å². The molecule has 35 heavy (non-hydrogen) atoms. The fourth-order valence-electron chi connectivity index (χ4n) is 4.53. The first-order chi connectivity index (χ1) is 16.7. The van der Waals surface area contributed by atoms with Crippen LogP contribution >= 0.6 is 0 Å². The van der Waals surface area contributed by atoms with E-state index in [4.69, 9.17) is 4.74 Å². The molecule has 2 atom stereocenters. The third kappa shape index (κ3) is 6.21. The minimum absolute atomic E-state index is 0.0482. The number of nitrogens with zero attached hydrogens (tertiary/aromatic N) is 1. The lowest BCUT2D eigenvalue weighted by molar-refractivity contribution is -0.126. The van der Waals surface area contributed by atoms with Crippen molar-refractivity contribution < 1.29 is 22.7 Å². The lowest BCUT2D eigenvalue weighted by atomic mass is 9.96. The summed E-state index contributed by atoms with van der Waals surface area (Å²) in [5.74, 6) is -0.526. The van der Waals surface area contributed by atoms with Crippen molar-refractivity contribution in [2.45, 2.75) is 50.5 Å². The van der Waals surface area contributed by atoms with Crippen molar-refractivity contribution in [2.75, 3.05) is 31.0 Å². The highest BCUT2D eigenvalue weighted by Crippen LogP contribution is 2.23. The number of carbonyl (C=O) groups excluding carboxylic acids is 2. The number of likely N-dealkylation sites (tertiary alicyclic amines) is 1. The van der Waals surface area contributed by atoms with Crippen LogP contribution in [0.2, 0.25) is 0 Å². The number of rotatable bonds is 7. The number of carbonyl (C=O) groups is 2. The van der Waals surface area contributed by atoms with Crippen LogP contribution in [0.1, 0.15) is 47.2 Å². The van der Waals surface area contributed by atoms with Gasteiger partial charge in [0.2, 0.25) is 5.91 Å². The van der Waals surface area contributed by atoms with Gasteiger partial charge in [0.15, 0.2) is 0 Å².